The monoisotopic (exact) mass is 783 g/mol. The van der Waals surface area contributed by atoms with Crippen molar-refractivity contribution >= 4 is 71.7 Å². The fourth-order valence-electron chi connectivity index (χ4n) is 11.0. The van der Waals surface area contributed by atoms with Gasteiger partial charge in [-0.2, -0.15) is 0 Å². The number of anilines is 3. The van der Waals surface area contributed by atoms with Crippen molar-refractivity contribution in [3.8, 4) is 33.4 Å². The van der Waals surface area contributed by atoms with Gasteiger partial charge in [-0.1, -0.05) is 149 Å². The molecule has 290 valence electrons. The third-order valence-corrected chi connectivity index (χ3v) is 14.1. The molecule has 2 aromatic heterocycles. The van der Waals surface area contributed by atoms with E-state index in [1.807, 2.05) is 6.07 Å². The summed E-state index contributed by atoms with van der Waals surface area (Å²) in [7, 11) is 0. The number of hydrogen-bond donors (Lipinski definition) is 0. The third-order valence-electron chi connectivity index (χ3n) is 14.1. The fraction of sp³-hybridized carbons (Fsp3) is 0.103. The molecule has 2 heterocycles. The molecule has 0 amide bonds. The van der Waals surface area contributed by atoms with Crippen molar-refractivity contribution in [2.75, 3.05) is 4.90 Å². The summed E-state index contributed by atoms with van der Waals surface area (Å²) in [5, 5.41) is 6.78. The smallest absolute Gasteiger partial charge is 0.144 e. The third kappa shape index (κ3) is 4.69. The van der Waals surface area contributed by atoms with E-state index in [9.17, 15) is 0 Å². The highest BCUT2D eigenvalue weighted by Crippen LogP contribution is 2.54. The lowest BCUT2D eigenvalue weighted by atomic mass is 9.82. The molecule has 0 bridgehead atoms. The Bertz CT molecular complexity index is 3550. The van der Waals surface area contributed by atoms with E-state index in [-0.39, 0.29) is 10.8 Å². The van der Waals surface area contributed by atoms with E-state index >= 15 is 0 Å². The van der Waals surface area contributed by atoms with Crippen LogP contribution >= 0.6 is 0 Å². The van der Waals surface area contributed by atoms with Crippen LogP contribution in [0.4, 0.5) is 17.1 Å². The molecule has 3 nitrogen and oxygen atoms in total. The molecule has 0 radical (unpaired) electrons. The van der Waals surface area contributed by atoms with Crippen LogP contribution in [0.15, 0.2) is 185 Å². The predicted molar refractivity (Wildman–Crippen MR) is 254 cm³/mol. The van der Waals surface area contributed by atoms with Gasteiger partial charge in [-0.3, -0.25) is 0 Å². The van der Waals surface area contributed by atoms with Crippen molar-refractivity contribution in [2.45, 2.75) is 38.5 Å². The van der Waals surface area contributed by atoms with Gasteiger partial charge >= 0.3 is 0 Å². The summed E-state index contributed by atoms with van der Waals surface area (Å²) >= 11 is 0. The fourth-order valence-corrected chi connectivity index (χ4v) is 11.0. The lowest BCUT2D eigenvalue weighted by Crippen LogP contribution is -2.18. The van der Waals surface area contributed by atoms with Crippen LogP contribution in [0.5, 0.6) is 0 Å². The van der Waals surface area contributed by atoms with E-state index in [1.165, 1.54) is 55.3 Å². The van der Waals surface area contributed by atoms with E-state index in [2.05, 4.69) is 202 Å². The number of furan rings is 2. The molecular weight excluding hydrogens is 743 g/mol. The highest BCUT2D eigenvalue weighted by molar-refractivity contribution is 6.32. The van der Waals surface area contributed by atoms with Gasteiger partial charge in [0.2, 0.25) is 0 Å². The van der Waals surface area contributed by atoms with Gasteiger partial charge in [0.25, 0.3) is 0 Å². The van der Waals surface area contributed by atoms with Crippen molar-refractivity contribution in [3.63, 3.8) is 0 Å². The van der Waals surface area contributed by atoms with Crippen LogP contribution in [0.25, 0.3) is 88.0 Å². The van der Waals surface area contributed by atoms with Crippen LogP contribution in [0, 0.1) is 0 Å². The predicted octanol–water partition coefficient (Wildman–Crippen LogP) is 16.4. The SMILES string of the molecule is CC1(C)c2ccccc2-c2ccc(N(c3ccc(-c4cc5oc6ccc7ccccc7c6c5c5c4oc4ccccc45)cc3)c3ccc4c(c3)C(C)(C)c3ccccc3-4)cc21. The first-order valence-corrected chi connectivity index (χ1v) is 21.3. The Hall–Kier alpha value is -7.36. The highest BCUT2D eigenvalue weighted by atomic mass is 16.3. The molecule has 61 heavy (non-hydrogen) atoms. The van der Waals surface area contributed by atoms with Crippen molar-refractivity contribution in [1.82, 2.24) is 0 Å². The van der Waals surface area contributed by atoms with Gasteiger partial charge in [0, 0.05) is 55.0 Å². The number of hydrogen-bond acceptors (Lipinski definition) is 3. The molecule has 2 aliphatic carbocycles. The maximum absolute atomic E-state index is 6.82. The van der Waals surface area contributed by atoms with Crippen molar-refractivity contribution in [3.05, 3.63) is 198 Å². The summed E-state index contributed by atoms with van der Waals surface area (Å²) in [5.74, 6) is 0. The second-order valence-corrected chi connectivity index (χ2v) is 18.0. The Labute approximate surface area is 354 Å². The normalized spacial score (nSPS) is 14.5. The Balaban J connectivity index is 1.00. The average Bonchev–Trinajstić information content (AvgIpc) is 3.99. The summed E-state index contributed by atoms with van der Waals surface area (Å²) in [4.78, 5) is 2.44. The van der Waals surface area contributed by atoms with E-state index in [1.54, 1.807) is 0 Å². The van der Waals surface area contributed by atoms with Crippen LogP contribution in [-0.2, 0) is 10.8 Å². The Kier molecular flexibility index (Phi) is 6.85. The lowest BCUT2D eigenvalue weighted by molar-refractivity contribution is 0.660. The van der Waals surface area contributed by atoms with E-state index in [4.69, 9.17) is 8.83 Å². The first-order valence-electron chi connectivity index (χ1n) is 21.3. The molecule has 9 aromatic carbocycles. The first kappa shape index (κ1) is 34.5. The molecule has 2 aliphatic rings. The van der Waals surface area contributed by atoms with Gasteiger partial charge in [-0.05, 0) is 115 Å². The number of nitrogens with zero attached hydrogens (tertiary/aromatic N) is 1. The lowest BCUT2D eigenvalue weighted by Gasteiger charge is -2.30. The van der Waals surface area contributed by atoms with Crippen LogP contribution in [0.2, 0.25) is 0 Å². The first-order chi connectivity index (χ1) is 29.8. The summed E-state index contributed by atoms with van der Waals surface area (Å²) in [6.07, 6.45) is 0. The minimum absolute atomic E-state index is 0.126. The van der Waals surface area contributed by atoms with Gasteiger partial charge in [-0.15, -0.1) is 0 Å². The molecule has 0 atom stereocenters. The molecule has 0 fully saturated rings. The highest BCUT2D eigenvalue weighted by Gasteiger charge is 2.38. The molecule has 0 saturated carbocycles. The van der Waals surface area contributed by atoms with Crippen molar-refractivity contribution in [1.29, 1.82) is 0 Å². The minimum atomic E-state index is -0.126. The Morgan fingerprint density at radius 1 is 0.361 bits per heavy atom. The van der Waals surface area contributed by atoms with Gasteiger partial charge in [0.1, 0.15) is 22.3 Å². The summed E-state index contributed by atoms with van der Waals surface area (Å²) < 4.78 is 13.5. The topological polar surface area (TPSA) is 29.5 Å². The summed E-state index contributed by atoms with van der Waals surface area (Å²) in [6, 6.07) is 64.3. The van der Waals surface area contributed by atoms with Gasteiger partial charge < -0.3 is 13.7 Å². The molecule has 0 unspecified atom stereocenters. The zero-order valence-electron chi connectivity index (χ0n) is 34.5. The Morgan fingerprint density at radius 3 is 1.59 bits per heavy atom. The summed E-state index contributed by atoms with van der Waals surface area (Å²) in [6.45, 7) is 9.43. The maximum Gasteiger partial charge on any atom is 0.144 e. The van der Waals surface area contributed by atoms with Gasteiger partial charge in [0.05, 0.1) is 0 Å². The second-order valence-electron chi connectivity index (χ2n) is 18.0. The second kappa shape index (κ2) is 12.1. The standard InChI is InChI=1S/C58H41NO2/c1-57(2)46-18-10-7-15-40(46)42-28-26-37(31-48(42)57)59(38-27-29-43-41-16-8-11-19-47(41)58(3,4)49(43)32-38)36-24-21-35(22-25-36)45-33-52-55(54-44-17-9-12-20-50(44)61-56(45)54)53-39-14-6-5-13-34(39)23-30-51(53)60-52/h5-33H,1-4H3. The molecule has 0 saturated heterocycles. The minimum Gasteiger partial charge on any atom is -0.456 e. The molecule has 0 aliphatic heterocycles. The number of fused-ring (bicyclic) bond motifs is 15. The van der Waals surface area contributed by atoms with E-state index in [0.29, 0.717) is 0 Å². The van der Waals surface area contributed by atoms with Gasteiger partial charge in [0.15, 0.2) is 0 Å². The van der Waals surface area contributed by atoms with E-state index in [0.717, 1.165) is 72.1 Å². The molecule has 13 rings (SSSR count). The summed E-state index contributed by atoms with van der Waals surface area (Å²) in [5.41, 5.74) is 19.4. The van der Waals surface area contributed by atoms with Crippen LogP contribution in [0.1, 0.15) is 49.9 Å². The molecular formula is C58H41NO2. The quantitative estimate of drug-likeness (QED) is 0.178. The zero-order valence-corrected chi connectivity index (χ0v) is 34.5. The van der Waals surface area contributed by atoms with Crippen LogP contribution in [0.3, 0.4) is 0 Å². The molecule has 3 heteroatoms. The van der Waals surface area contributed by atoms with Crippen molar-refractivity contribution in [2.24, 2.45) is 0 Å². The Morgan fingerprint density at radius 2 is 0.918 bits per heavy atom. The van der Waals surface area contributed by atoms with Crippen LogP contribution in [-0.4, -0.2) is 0 Å². The van der Waals surface area contributed by atoms with Gasteiger partial charge in [-0.25, -0.2) is 0 Å². The molecule has 11 aromatic rings. The number of rotatable bonds is 4. The maximum atomic E-state index is 6.82. The van der Waals surface area contributed by atoms with E-state index < -0.39 is 0 Å². The van der Waals surface area contributed by atoms with Crippen LogP contribution < -0.4 is 4.90 Å². The largest absolute Gasteiger partial charge is 0.456 e. The molecule has 0 spiro atoms. The molecule has 0 N–H and O–H groups in total. The average molecular weight is 784 g/mol. The number of benzene rings is 9. The zero-order chi connectivity index (χ0) is 40.8. The van der Waals surface area contributed by atoms with Crippen molar-refractivity contribution < 1.29 is 8.83 Å². The number of para-hydroxylation sites is 1.